The summed E-state index contributed by atoms with van der Waals surface area (Å²) >= 11 is 0. The molecule has 2 N–H and O–H groups in total. The molecule has 17 heavy (non-hydrogen) atoms. The minimum atomic E-state index is -1.02. The van der Waals surface area contributed by atoms with E-state index in [1.807, 2.05) is 6.07 Å². The van der Waals surface area contributed by atoms with Crippen molar-refractivity contribution in [3.8, 4) is 0 Å². The zero-order chi connectivity index (χ0) is 12.8. The van der Waals surface area contributed by atoms with Crippen LogP contribution in [0.15, 0.2) is 10.5 Å². The Balaban J connectivity index is 2.50. The molecule has 1 fully saturated rings. The van der Waals surface area contributed by atoms with Gasteiger partial charge in [-0.05, 0) is 19.9 Å². The highest BCUT2D eigenvalue weighted by molar-refractivity contribution is 5.90. The summed E-state index contributed by atoms with van der Waals surface area (Å²) in [6, 6.07) is 0.914. The summed E-state index contributed by atoms with van der Waals surface area (Å²) < 4.78 is 5.42. The maximum Gasteiger partial charge on any atom is 0.327 e. The molecule has 2 rings (SSSR count). The van der Waals surface area contributed by atoms with Crippen LogP contribution in [0.4, 0.5) is 0 Å². The third-order valence-corrected chi connectivity index (χ3v) is 3.37. The molecule has 1 amide bonds. The molecule has 1 saturated heterocycles. The van der Waals surface area contributed by atoms with Crippen LogP contribution >= 0.6 is 0 Å². The van der Waals surface area contributed by atoms with Crippen LogP contribution in [0.5, 0.6) is 0 Å². The number of furan rings is 1. The molecule has 1 aromatic rings. The first kappa shape index (κ1) is 11.7. The first-order chi connectivity index (χ1) is 7.84. The summed E-state index contributed by atoms with van der Waals surface area (Å²) in [5.74, 6) is 0.143. The Morgan fingerprint density at radius 2 is 2.24 bits per heavy atom. The number of aliphatic carboxylic acids is 1. The van der Waals surface area contributed by atoms with Crippen molar-refractivity contribution in [2.75, 3.05) is 0 Å². The number of rotatable bonds is 2. The zero-order valence-electron chi connectivity index (χ0n) is 10.0. The van der Waals surface area contributed by atoms with Crippen molar-refractivity contribution in [3.05, 3.63) is 23.2 Å². The van der Waals surface area contributed by atoms with Gasteiger partial charge in [0, 0.05) is 17.4 Å². The van der Waals surface area contributed by atoms with Gasteiger partial charge in [-0.3, -0.25) is 4.79 Å². The Kier molecular flexibility index (Phi) is 2.49. The number of carbonyl (C=O) groups is 2. The molecule has 0 bridgehead atoms. The van der Waals surface area contributed by atoms with Crippen molar-refractivity contribution in [3.63, 3.8) is 0 Å². The van der Waals surface area contributed by atoms with Crippen LogP contribution in [0.1, 0.15) is 30.4 Å². The molecule has 0 aliphatic carbocycles. The summed E-state index contributed by atoms with van der Waals surface area (Å²) in [6.45, 7) is 5.37. The molecular formula is C12H15NO4. The van der Waals surface area contributed by atoms with Crippen LogP contribution in [0.2, 0.25) is 0 Å². The van der Waals surface area contributed by atoms with Gasteiger partial charge >= 0.3 is 5.97 Å². The molecule has 1 aromatic heterocycles. The molecule has 5 nitrogen and oxygen atoms in total. The molecule has 2 heterocycles. The maximum atomic E-state index is 11.5. The number of amides is 1. The Morgan fingerprint density at radius 1 is 1.59 bits per heavy atom. The Hall–Kier alpha value is -1.78. The van der Waals surface area contributed by atoms with E-state index in [0.717, 1.165) is 11.3 Å². The highest BCUT2D eigenvalue weighted by Gasteiger charge is 2.50. The Bertz CT molecular complexity index is 491. The van der Waals surface area contributed by atoms with Crippen LogP contribution < -0.4 is 5.32 Å². The third-order valence-electron chi connectivity index (χ3n) is 3.37. The molecule has 0 saturated carbocycles. The van der Waals surface area contributed by atoms with Crippen molar-refractivity contribution in [1.29, 1.82) is 0 Å². The molecule has 92 valence electrons. The van der Waals surface area contributed by atoms with Crippen LogP contribution in [-0.2, 0) is 15.0 Å². The van der Waals surface area contributed by atoms with Crippen LogP contribution in [0.25, 0.3) is 0 Å². The number of nitrogens with one attached hydrogen (secondary N) is 1. The van der Waals surface area contributed by atoms with Crippen LogP contribution in [0, 0.1) is 13.8 Å². The number of aryl methyl sites for hydroxylation is 2. The van der Waals surface area contributed by atoms with E-state index in [9.17, 15) is 14.7 Å². The molecule has 0 aromatic carbocycles. The number of carbonyl (C=O) groups excluding carboxylic acids is 1. The van der Waals surface area contributed by atoms with Crippen LogP contribution in [-0.4, -0.2) is 23.0 Å². The van der Waals surface area contributed by atoms with E-state index in [1.54, 1.807) is 20.8 Å². The topological polar surface area (TPSA) is 79.5 Å². The van der Waals surface area contributed by atoms with Gasteiger partial charge in [-0.2, -0.15) is 0 Å². The minimum Gasteiger partial charge on any atom is -0.480 e. The Morgan fingerprint density at radius 3 is 2.71 bits per heavy atom. The summed E-state index contributed by atoms with van der Waals surface area (Å²) in [5, 5.41) is 11.7. The van der Waals surface area contributed by atoms with Gasteiger partial charge in [0.15, 0.2) is 0 Å². The van der Waals surface area contributed by atoms with E-state index in [1.165, 1.54) is 0 Å². The average Bonchev–Trinajstić information content (AvgIpc) is 2.68. The van der Waals surface area contributed by atoms with E-state index in [0.29, 0.717) is 5.76 Å². The maximum absolute atomic E-state index is 11.5. The van der Waals surface area contributed by atoms with Gasteiger partial charge in [0.2, 0.25) is 5.91 Å². The second-order valence-electron chi connectivity index (χ2n) is 4.76. The monoisotopic (exact) mass is 237 g/mol. The Labute approximate surface area is 98.8 Å². The predicted octanol–water partition coefficient (Wildman–Crippen LogP) is 1.13. The molecule has 0 radical (unpaired) electrons. The lowest BCUT2D eigenvalue weighted by molar-refractivity contribution is -0.141. The van der Waals surface area contributed by atoms with Crippen molar-refractivity contribution in [1.82, 2.24) is 5.32 Å². The lowest BCUT2D eigenvalue weighted by Crippen LogP contribution is -2.44. The number of carboxylic acid groups (broad SMARTS) is 1. The molecule has 5 heteroatoms. The van der Waals surface area contributed by atoms with E-state index in [-0.39, 0.29) is 12.3 Å². The van der Waals surface area contributed by atoms with Gasteiger partial charge in [0.25, 0.3) is 0 Å². The number of hydrogen-bond acceptors (Lipinski definition) is 3. The molecular weight excluding hydrogens is 222 g/mol. The van der Waals surface area contributed by atoms with Crippen molar-refractivity contribution < 1.29 is 19.1 Å². The molecule has 1 aliphatic rings. The van der Waals surface area contributed by atoms with E-state index < -0.39 is 17.4 Å². The second kappa shape index (κ2) is 3.61. The average molecular weight is 237 g/mol. The van der Waals surface area contributed by atoms with Gasteiger partial charge < -0.3 is 14.8 Å². The van der Waals surface area contributed by atoms with E-state index in [4.69, 9.17) is 4.42 Å². The lowest BCUT2D eigenvalue weighted by atomic mass is 9.76. The van der Waals surface area contributed by atoms with Crippen molar-refractivity contribution in [2.24, 2.45) is 0 Å². The van der Waals surface area contributed by atoms with E-state index >= 15 is 0 Å². The normalized spacial score (nSPS) is 28.2. The van der Waals surface area contributed by atoms with Gasteiger partial charge in [-0.25, -0.2) is 4.79 Å². The van der Waals surface area contributed by atoms with Gasteiger partial charge in [-0.15, -0.1) is 0 Å². The predicted molar refractivity (Wildman–Crippen MR) is 59.7 cm³/mol. The molecule has 2 atom stereocenters. The van der Waals surface area contributed by atoms with Gasteiger partial charge in [0.1, 0.15) is 17.6 Å². The fourth-order valence-electron chi connectivity index (χ4n) is 2.59. The quantitative estimate of drug-likeness (QED) is 0.808. The summed E-state index contributed by atoms with van der Waals surface area (Å²) in [6.07, 6.45) is 0.170. The first-order valence-electron chi connectivity index (χ1n) is 5.44. The molecule has 2 unspecified atom stereocenters. The van der Waals surface area contributed by atoms with E-state index in [2.05, 4.69) is 5.32 Å². The number of carboxylic acids is 1. The molecule has 0 spiro atoms. The van der Waals surface area contributed by atoms with Crippen LogP contribution in [0.3, 0.4) is 0 Å². The fraction of sp³-hybridized carbons (Fsp3) is 0.500. The third kappa shape index (κ3) is 1.71. The zero-order valence-corrected chi connectivity index (χ0v) is 10.0. The summed E-state index contributed by atoms with van der Waals surface area (Å²) in [7, 11) is 0. The minimum absolute atomic E-state index is 0.170. The summed E-state index contributed by atoms with van der Waals surface area (Å²) in [5.41, 5.74) is 0.0471. The molecule has 1 aliphatic heterocycles. The standard InChI is InChI=1S/C12H15NO4/c1-6-4-8(7(2)17-6)12(3)5-9(14)13-10(12)11(15)16/h4,10H,5H2,1-3H3,(H,13,14)(H,15,16). The second-order valence-corrected chi connectivity index (χ2v) is 4.76. The number of hydrogen-bond donors (Lipinski definition) is 2. The highest BCUT2D eigenvalue weighted by atomic mass is 16.4. The van der Waals surface area contributed by atoms with Gasteiger partial charge in [0.05, 0.1) is 0 Å². The smallest absolute Gasteiger partial charge is 0.327 e. The highest BCUT2D eigenvalue weighted by Crippen LogP contribution is 2.38. The van der Waals surface area contributed by atoms with Crippen molar-refractivity contribution in [2.45, 2.75) is 38.6 Å². The van der Waals surface area contributed by atoms with Gasteiger partial charge in [-0.1, -0.05) is 6.92 Å². The summed E-state index contributed by atoms with van der Waals surface area (Å²) in [4.78, 5) is 22.7. The lowest BCUT2D eigenvalue weighted by Gasteiger charge is -2.26. The largest absolute Gasteiger partial charge is 0.480 e. The SMILES string of the molecule is Cc1cc(C2(C)CC(=O)NC2C(=O)O)c(C)o1. The fourth-order valence-corrected chi connectivity index (χ4v) is 2.59. The van der Waals surface area contributed by atoms with Crippen molar-refractivity contribution >= 4 is 11.9 Å². The first-order valence-corrected chi connectivity index (χ1v) is 5.44.